The van der Waals surface area contributed by atoms with Crippen molar-refractivity contribution in [3.05, 3.63) is 47.5 Å². The van der Waals surface area contributed by atoms with Crippen LogP contribution in [0, 0.1) is 0 Å². The van der Waals surface area contributed by atoms with Gasteiger partial charge in [0.2, 0.25) is 17.8 Å². The normalized spacial score (nSPS) is 10.4. The quantitative estimate of drug-likeness (QED) is 0.488. The Morgan fingerprint density at radius 3 is 2.48 bits per heavy atom. The molecule has 0 aliphatic rings. The van der Waals surface area contributed by atoms with Crippen molar-refractivity contribution in [3.63, 3.8) is 0 Å². The number of nitrogens with two attached hydrogens (primary N) is 1. The Bertz CT molecular complexity index is 726. The molecule has 2 heterocycles. The molecule has 9 heteroatoms. The highest BCUT2D eigenvalue weighted by Gasteiger charge is 2.07. The average molecular weight is 347 g/mol. The molecule has 0 radical (unpaired) electrons. The van der Waals surface area contributed by atoms with Crippen LogP contribution in [0.4, 0.5) is 17.6 Å². The zero-order valence-corrected chi connectivity index (χ0v) is 12.3. The Kier molecular flexibility index (Phi) is 3.75. The summed E-state index contributed by atoms with van der Waals surface area (Å²) in [5.74, 6) is 6.44. The predicted octanol–water partition coefficient (Wildman–Crippen LogP) is 1.85. The van der Waals surface area contributed by atoms with Gasteiger partial charge in [-0.15, -0.1) is 0 Å². The van der Waals surface area contributed by atoms with Gasteiger partial charge in [-0.3, -0.25) is 9.99 Å². The van der Waals surface area contributed by atoms with Crippen LogP contribution in [-0.4, -0.2) is 24.5 Å². The summed E-state index contributed by atoms with van der Waals surface area (Å²) in [4.78, 5) is 16.6. The van der Waals surface area contributed by atoms with E-state index in [4.69, 9.17) is 5.84 Å². The van der Waals surface area contributed by atoms with Gasteiger partial charge in [0, 0.05) is 22.6 Å². The fraction of sp³-hybridized carbons (Fsp3) is 0. The van der Waals surface area contributed by atoms with Crippen molar-refractivity contribution in [2.75, 3.05) is 10.7 Å². The number of anilines is 3. The molecule has 0 aliphatic carbocycles. The minimum atomic E-state index is 0.258. The van der Waals surface area contributed by atoms with E-state index in [-0.39, 0.29) is 5.95 Å². The largest absolute Gasteiger partial charge is 0.324 e. The monoisotopic (exact) mass is 346 g/mol. The number of hydrazine groups is 1. The molecule has 2 aromatic heterocycles. The van der Waals surface area contributed by atoms with E-state index >= 15 is 0 Å². The summed E-state index contributed by atoms with van der Waals surface area (Å²) in [5.41, 5.74) is 3.27. The van der Waals surface area contributed by atoms with Crippen molar-refractivity contribution in [1.82, 2.24) is 24.5 Å². The van der Waals surface area contributed by atoms with E-state index < -0.39 is 0 Å². The van der Waals surface area contributed by atoms with Gasteiger partial charge in [-0.05, 0) is 24.3 Å². The molecule has 3 rings (SSSR count). The number of nitrogen functional groups attached to an aromatic ring is 1. The van der Waals surface area contributed by atoms with Crippen LogP contribution in [0.15, 0.2) is 47.5 Å². The van der Waals surface area contributed by atoms with E-state index in [2.05, 4.69) is 46.6 Å². The second-order valence-electron chi connectivity index (χ2n) is 4.03. The van der Waals surface area contributed by atoms with E-state index in [9.17, 15) is 0 Å². The molecule has 0 saturated carbocycles. The van der Waals surface area contributed by atoms with Crippen molar-refractivity contribution in [2.24, 2.45) is 5.84 Å². The summed E-state index contributed by atoms with van der Waals surface area (Å²) < 4.78 is 2.65. The summed E-state index contributed by atoms with van der Waals surface area (Å²) in [5, 5.41) is 3.10. The first-order valence-corrected chi connectivity index (χ1v) is 6.77. The lowest BCUT2D eigenvalue weighted by molar-refractivity contribution is 0.898. The zero-order chi connectivity index (χ0) is 14.7. The number of hydrogen-bond donors (Lipinski definition) is 3. The van der Waals surface area contributed by atoms with Crippen molar-refractivity contribution in [1.29, 1.82) is 0 Å². The summed E-state index contributed by atoms with van der Waals surface area (Å²) in [7, 11) is 0. The molecule has 0 spiro atoms. The molecule has 0 saturated heterocycles. The van der Waals surface area contributed by atoms with Crippen LogP contribution in [0.1, 0.15) is 0 Å². The molecule has 106 valence electrons. The maximum absolute atomic E-state index is 5.39. The number of imidazole rings is 1. The molecule has 4 N–H and O–H groups in total. The summed E-state index contributed by atoms with van der Waals surface area (Å²) >= 11 is 3.39. The molecule has 0 aliphatic heterocycles. The smallest absolute Gasteiger partial charge is 0.243 e. The highest BCUT2D eigenvalue weighted by atomic mass is 79.9. The molecule has 0 amide bonds. The van der Waals surface area contributed by atoms with Crippen molar-refractivity contribution < 1.29 is 0 Å². The number of nitrogens with one attached hydrogen (secondary N) is 2. The number of nitrogens with zero attached hydrogens (tertiary/aromatic N) is 5. The third-order valence-corrected chi connectivity index (χ3v) is 3.12. The van der Waals surface area contributed by atoms with Crippen LogP contribution in [0.2, 0.25) is 0 Å². The van der Waals surface area contributed by atoms with Gasteiger partial charge in [0.1, 0.15) is 6.33 Å². The molecular formula is C12H11BrN8. The highest BCUT2D eigenvalue weighted by molar-refractivity contribution is 9.10. The minimum Gasteiger partial charge on any atom is -0.324 e. The zero-order valence-electron chi connectivity index (χ0n) is 10.7. The molecule has 8 nitrogen and oxygen atoms in total. The number of hydrogen-bond acceptors (Lipinski definition) is 7. The van der Waals surface area contributed by atoms with Gasteiger partial charge in [0.15, 0.2) is 0 Å². The molecule has 0 atom stereocenters. The Morgan fingerprint density at radius 1 is 1.05 bits per heavy atom. The lowest BCUT2D eigenvalue weighted by atomic mass is 10.3. The molecule has 3 aromatic rings. The van der Waals surface area contributed by atoms with Crippen molar-refractivity contribution in [2.45, 2.75) is 0 Å². The fourth-order valence-electron chi connectivity index (χ4n) is 1.64. The van der Waals surface area contributed by atoms with E-state index in [1.807, 2.05) is 24.3 Å². The number of halogens is 1. The van der Waals surface area contributed by atoms with Crippen LogP contribution in [-0.2, 0) is 0 Å². The topological polar surface area (TPSA) is 107 Å². The van der Waals surface area contributed by atoms with Gasteiger partial charge in [-0.1, -0.05) is 15.9 Å². The lowest BCUT2D eigenvalue weighted by Crippen LogP contribution is -2.14. The van der Waals surface area contributed by atoms with Crippen LogP contribution < -0.4 is 16.6 Å². The van der Waals surface area contributed by atoms with E-state index in [1.54, 1.807) is 23.3 Å². The third-order valence-electron chi connectivity index (χ3n) is 2.59. The summed E-state index contributed by atoms with van der Waals surface area (Å²) in [6.07, 6.45) is 4.97. The van der Waals surface area contributed by atoms with Crippen LogP contribution in [0.5, 0.6) is 0 Å². The maximum atomic E-state index is 5.39. The number of benzene rings is 1. The summed E-state index contributed by atoms with van der Waals surface area (Å²) in [6, 6.07) is 7.64. The molecule has 1 aromatic carbocycles. The second kappa shape index (κ2) is 5.85. The summed E-state index contributed by atoms with van der Waals surface area (Å²) in [6.45, 7) is 0. The molecule has 21 heavy (non-hydrogen) atoms. The van der Waals surface area contributed by atoms with E-state index in [0.717, 1.165) is 10.2 Å². The number of aromatic nitrogens is 5. The minimum absolute atomic E-state index is 0.258. The van der Waals surface area contributed by atoms with Crippen molar-refractivity contribution >= 4 is 33.5 Å². The van der Waals surface area contributed by atoms with E-state index in [0.29, 0.717) is 11.9 Å². The molecule has 0 unspecified atom stereocenters. The first kappa shape index (κ1) is 13.5. The maximum Gasteiger partial charge on any atom is 0.243 e. The first-order valence-electron chi connectivity index (χ1n) is 5.98. The van der Waals surface area contributed by atoms with E-state index in [1.165, 1.54) is 0 Å². The third kappa shape index (κ3) is 3.15. The number of rotatable bonds is 4. The van der Waals surface area contributed by atoms with Crippen LogP contribution in [0.3, 0.4) is 0 Å². The highest BCUT2D eigenvalue weighted by Crippen LogP contribution is 2.18. The Balaban J connectivity index is 1.94. The van der Waals surface area contributed by atoms with Crippen LogP contribution >= 0.6 is 15.9 Å². The van der Waals surface area contributed by atoms with Gasteiger partial charge in [-0.2, -0.15) is 15.0 Å². The molecule has 0 fully saturated rings. The standard InChI is InChI=1S/C12H11BrN8/c13-8-1-3-9(4-2-8)16-10-17-11(20-14)19-12(18-10)21-6-5-15-7-21/h1-7H,14H2,(H2,16,17,18,19,20). The van der Waals surface area contributed by atoms with Gasteiger partial charge in [-0.25, -0.2) is 10.8 Å². The van der Waals surface area contributed by atoms with Gasteiger partial charge >= 0.3 is 0 Å². The molecular weight excluding hydrogens is 336 g/mol. The predicted molar refractivity (Wildman–Crippen MR) is 82.2 cm³/mol. The van der Waals surface area contributed by atoms with Gasteiger partial charge in [0.05, 0.1) is 0 Å². The SMILES string of the molecule is NNc1nc(Nc2ccc(Br)cc2)nc(-n2ccnc2)n1. The fourth-order valence-corrected chi connectivity index (χ4v) is 1.90. The van der Waals surface area contributed by atoms with Crippen LogP contribution in [0.25, 0.3) is 5.95 Å². The molecule has 0 bridgehead atoms. The Hall–Kier alpha value is -2.52. The van der Waals surface area contributed by atoms with Gasteiger partial charge in [0.25, 0.3) is 0 Å². The second-order valence-corrected chi connectivity index (χ2v) is 4.94. The Morgan fingerprint density at radius 2 is 1.81 bits per heavy atom. The Labute approximate surface area is 128 Å². The van der Waals surface area contributed by atoms with Gasteiger partial charge < -0.3 is 5.32 Å². The average Bonchev–Trinajstić information content (AvgIpc) is 3.04. The van der Waals surface area contributed by atoms with Crippen molar-refractivity contribution in [3.8, 4) is 5.95 Å². The first-order chi connectivity index (χ1) is 10.2. The lowest BCUT2D eigenvalue weighted by Gasteiger charge is -2.08.